The van der Waals surface area contributed by atoms with Crippen molar-refractivity contribution in [1.29, 1.82) is 0 Å². The van der Waals surface area contributed by atoms with Gasteiger partial charge in [0.05, 0.1) is 11.9 Å². The lowest BCUT2D eigenvalue weighted by Gasteiger charge is -2.07. The zero-order valence-corrected chi connectivity index (χ0v) is 14.4. The molecule has 2 aromatic rings. The maximum atomic E-state index is 13.5. The molecule has 2 amide bonds. The quantitative estimate of drug-likeness (QED) is 0.394. The number of hydrazone groups is 1. The molecule has 0 spiro atoms. The zero-order valence-electron chi connectivity index (χ0n) is 13.6. The van der Waals surface area contributed by atoms with E-state index in [0.717, 1.165) is 12.3 Å². The molecule has 0 atom stereocenters. The van der Waals surface area contributed by atoms with Crippen molar-refractivity contribution in [2.45, 2.75) is 0 Å². The van der Waals surface area contributed by atoms with Crippen molar-refractivity contribution in [3.63, 3.8) is 0 Å². The van der Waals surface area contributed by atoms with Crippen LogP contribution in [0.2, 0.25) is 5.02 Å². The monoisotopic (exact) mass is 393 g/mol. The van der Waals surface area contributed by atoms with E-state index in [2.05, 4.69) is 10.4 Å². The van der Waals surface area contributed by atoms with Crippen LogP contribution in [0.5, 0.6) is 5.75 Å². The molecular formula is C17H13ClFN3O5. The third-order valence-corrected chi connectivity index (χ3v) is 3.26. The predicted octanol–water partition coefficient (Wildman–Crippen LogP) is 2.03. The lowest BCUT2D eigenvalue weighted by molar-refractivity contribution is -0.139. The first-order chi connectivity index (χ1) is 12.9. The highest BCUT2D eigenvalue weighted by atomic mass is 35.5. The van der Waals surface area contributed by atoms with Gasteiger partial charge in [0, 0.05) is 10.6 Å². The largest absolute Gasteiger partial charge is 0.481 e. The van der Waals surface area contributed by atoms with Crippen LogP contribution in [0.3, 0.4) is 0 Å². The van der Waals surface area contributed by atoms with Crippen LogP contribution in [0, 0.1) is 5.82 Å². The molecule has 0 aliphatic heterocycles. The smallest absolute Gasteiger partial charge is 0.341 e. The van der Waals surface area contributed by atoms with Gasteiger partial charge < -0.3 is 15.2 Å². The fourth-order valence-electron chi connectivity index (χ4n) is 1.84. The molecule has 0 aliphatic rings. The number of nitrogens with one attached hydrogen (secondary N) is 2. The first-order valence-corrected chi connectivity index (χ1v) is 7.77. The highest BCUT2D eigenvalue weighted by molar-refractivity contribution is 6.39. The van der Waals surface area contributed by atoms with Crippen LogP contribution >= 0.6 is 11.6 Å². The number of ether oxygens (including phenoxy) is 1. The van der Waals surface area contributed by atoms with E-state index in [9.17, 15) is 18.8 Å². The Morgan fingerprint density at radius 1 is 1.19 bits per heavy atom. The van der Waals surface area contributed by atoms with E-state index in [4.69, 9.17) is 21.4 Å². The maximum Gasteiger partial charge on any atom is 0.341 e. The Labute approximate surface area is 157 Å². The van der Waals surface area contributed by atoms with Crippen LogP contribution in [0.1, 0.15) is 5.56 Å². The van der Waals surface area contributed by atoms with E-state index >= 15 is 0 Å². The van der Waals surface area contributed by atoms with Gasteiger partial charge in [-0.05, 0) is 30.3 Å². The number of nitrogens with zero attached hydrogens (tertiary/aromatic N) is 1. The van der Waals surface area contributed by atoms with Crippen molar-refractivity contribution < 1.29 is 28.6 Å². The average Bonchev–Trinajstić information content (AvgIpc) is 2.62. The Kier molecular flexibility index (Phi) is 6.84. The van der Waals surface area contributed by atoms with Crippen LogP contribution in [0.4, 0.5) is 10.1 Å². The summed E-state index contributed by atoms with van der Waals surface area (Å²) < 4.78 is 18.5. The molecule has 0 fully saturated rings. The van der Waals surface area contributed by atoms with E-state index < -0.39 is 30.2 Å². The van der Waals surface area contributed by atoms with E-state index in [1.807, 2.05) is 5.43 Å². The number of carboxylic acids is 1. The summed E-state index contributed by atoms with van der Waals surface area (Å²) in [6.45, 7) is -0.583. The van der Waals surface area contributed by atoms with E-state index in [1.54, 1.807) is 0 Å². The molecular weight excluding hydrogens is 381 g/mol. The molecule has 0 unspecified atom stereocenters. The summed E-state index contributed by atoms with van der Waals surface area (Å²) in [7, 11) is 0. The SMILES string of the molecule is O=C(O)COc1ccc(Cl)cc1/C=N\NC(=O)C(=O)Nc1ccccc1F. The molecule has 10 heteroatoms. The van der Waals surface area contributed by atoms with Crippen LogP contribution < -0.4 is 15.5 Å². The van der Waals surface area contributed by atoms with Crippen molar-refractivity contribution in [3.05, 3.63) is 58.9 Å². The Bertz CT molecular complexity index is 904. The van der Waals surface area contributed by atoms with Gasteiger partial charge in [-0.1, -0.05) is 23.7 Å². The highest BCUT2D eigenvalue weighted by Gasteiger charge is 2.14. The number of amides is 2. The van der Waals surface area contributed by atoms with Crippen molar-refractivity contribution in [3.8, 4) is 5.75 Å². The lowest BCUT2D eigenvalue weighted by Crippen LogP contribution is -2.32. The molecule has 0 aliphatic carbocycles. The van der Waals surface area contributed by atoms with E-state index in [1.165, 1.54) is 36.4 Å². The molecule has 2 rings (SSSR count). The minimum atomic E-state index is -1.18. The fourth-order valence-corrected chi connectivity index (χ4v) is 2.02. The number of carbonyl (C=O) groups is 3. The van der Waals surface area contributed by atoms with Crippen LogP contribution in [-0.2, 0) is 14.4 Å². The molecule has 0 saturated heterocycles. The number of carboxylic acid groups (broad SMARTS) is 1. The predicted molar refractivity (Wildman–Crippen MR) is 95.3 cm³/mol. The van der Waals surface area contributed by atoms with Crippen LogP contribution in [-0.4, -0.2) is 35.7 Å². The molecule has 3 N–H and O–H groups in total. The Morgan fingerprint density at radius 2 is 1.93 bits per heavy atom. The number of anilines is 1. The van der Waals surface area contributed by atoms with Gasteiger partial charge in [0.2, 0.25) is 0 Å². The van der Waals surface area contributed by atoms with E-state index in [-0.39, 0.29) is 17.0 Å². The fraction of sp³-hybridized carbons (Fsp3) is 0.0588. The normalized spacial score (nSPS) is 10.4. The molecule has 140 valence electrons. The second kappa shape index (κ2) is 9.30. The first kappa shape index (κ1) is 19.9. The summed E-state index contributed by atoms with van der Waals surface area (Å²) in [4.78, 5) is 34.0. The number of halogens is 2. The third kappa shape index (κ3) is 6.08. The minimum Gasteiger partial charge on any atom is -0.481 e. The summed E-state index contributed by atoms with van der Waals surface area (Å²) in [5.74, 6) is -3.96. The van der Waals surface area contributed by atoms with E-state index in [0.29, 0.717) is 5.02 Å². The Morgan fingerprint density at radius 3 is 2.63 bits per heavy atom. The summed E-state index contributed by atoms with van der Waals surface area (Å²) in [5.41, 5.74) is 2.09. The molecule has 8 nitrogen and oxygen atoms in total. The third-order valence-electron chi connectivity index (χ3n) is 3.02. The standard InChI is InChI=1S/C17H13ClFN3O5/c18-11-5-6-14(27-9-15(23)24)10(7-11)8-20-22-17(26)16(25)21-13-4-2-1-3-12(13)19/h1-8H,9H2,(H,21,25)(H,22,26)(H,23,24)/b20-8-. The van der Waals surface area contributed by atoms with Gasteiger partial charge in [-0.25, -0.2) is 14.6 Å². The zero-order chi connectivity index (χ0) is 19.8. The number of carbonyl (C=O) groups excluding carboxylic acids is 2. The molecule has 2 aromatic carbocycles. The molecule has 27 heavy (non-hydrogen) atoms. The lowest BCUT2D eigenvalue weighted by atomic mass is 10.2. The average molecular weight is 394 g/mol. The van der Waals surface area contributed by atoms with Crippen molar-refractivity contribution in [1.82, 2.24) is 5.43 Å². The van der Waals surface area contributed by atoms with Crippen molar-refractivity contribution >= 4 is 41.3 Å². The van der Waals surface area contributed by atoms with Gasteiger partial charge in [0.25, 0.3) is 0 Å². The summed E-state index contributed by atoms with van der Waals surface area (Å²) >= 11 is 5.86. The van der Waals surface area contributed by atoms with Crippen molar-refractivity contribution in [2.75, 3.05) is 11.9 Å². The van der Waals surface area contributed by atoms with Gasteiger partial charge in [-0.15, -0.1) is 0 Å². The van der Waals surface area contributed by atoms with Gasteiger partial charge in [-0.3, -0.25) is 9.59 Å². The molecule has 0 saturated carbocycles. The highest BCUT2D eigenvalue weighted by Crippen LogP contribution is 2.21. The van der Waals surface area contributed by atoms with Crippen molar-refractivity contribution in [2.24, 2.45) is 5.10 Å². The number of benzene rings is 2. The minimum absolute atomic E-state index is 0.152. The second-order valence-electron chi connectivity index (χ2n) is 5.00. The van der Waals surface area contributed by atoms with Gasteiger partial charge in [0.1, 0.15) is 11.6 Å². The Balaban J connectivity index is 2.00. The maximum absolute atomic E-state index is 13.5. The van der Waals surface area contributed by atoms with Crippen LogP contribution in [0.15, 0.2) is 47.6 Å². The van der Waals surface area contributed by atoms with Gasteiger partial charge in [0.15, 0.2) is 6.61 Å². The number of para-hydroxylation sites is 1. The number of aliphatic carboxylic acids is 1. The molecule has 0 radical (unpaired) electrons. The Hall–Kier alpha value is -3.46. The summed E-state index contributed by atoms with van der Waals surface area (Å²) in [6.07, 6.45) is 1.12. The number of rotatable bonds is 6. The number of hydrogen-bond acceptors (Lipinski definition) is 5. The summed E-state index contributed by atoms with van der Waals surface area (Å²) in [5, 5.41) is 14.7. The molecule has 0 bridgehead atoms. The van der Waals surface area contributed by atoms with Gasteiger partial charge >= 0.3 is 17.8 Å². The molecule has 0 aromatic heterocycles. The van der Waals surface area contributed by atoms with Crippen LogP contribution in [0.25, 0.3) is 0 Å². The topological polar surface area (TPSA) is 117 Å². The summed E-state index contributed by atoms with van der Waals surface area (Å²) in [6, 6.07) is 9.69. The number of hydrogen-bond donors (Lipinski definition) is 3. The van der Waals surface area contributed by atoms with Gasteiger partial charge in [-0.2, -0.15) is 5.10 Å². The second-order valence-corrected chi connectivity index (χ2v) is 5.43. The molecule has 0 heterocycles. The first-order valence-electron chi connectivity index (χ1n) is 7.40.